The standard InChI is InChI=1S/C16H31N3O/c1-2-3-13(6-9-17)4-5-16(20)18-15-12-19-10-7-14(15)8-11-19/h13-15H,2-12,17H2,1H3,(H,18,20). The van der Waals surface area contributed by atoms with Crippen LogP contribution in [0.5, 0.6) is 0 Å². The van der Waals surface area contributed by atoms with Crippen LogP contribution in [0.15, 0.2) is 0 Å². The van der Waals surface area contributed by atoms with E-state index in [1.54, 1.807) is 0 Å². The molecule has 3 aliphatic rings. The van der Waals surface area contributed by atoms with Gasteiger partial charge in [-0.15, -0.1) is 0 Å². The van der Waals surface area contributed by atoms with Crippen LogP contribution in [-0.2, 0) is 4.79 Å². The molecule has 2 atom stereocenters. The summed E-state index contributed by atoms with van der Waals surface area (Å²) in [7, 11) is 0. The third kappa shape index (κ3) is 4.45. The Bertz CT molecular complexity index is 294. The Labute approximate surface area is 123 Å². The maximum Gasteiger partial charge on any atom is 0.220 e. The third-order valence-corrected chi connectivity index (χ3v) is 5.05. The number of piperidine rings is 3. The van der Waals surface area contributed by atoms with Crippen molar-refractivity contribution in [3.05, 3.63) is 0 Å². The van der Waals surface area contributed by atoms with Gasteiger partial charge >= 0.3 is 0 Å². The molecular formula is C16H31N3O. The largest absolute Gasteiger partial charge is 0.352 e. The van der Waals surface area contributed by atoms with Gasteiger partial charge in [0.05, 0.1) is 0 Å². The third-order valence-electron chi connectivity index (χ3n) is 5.05. The maximum absolute atomic E-state index is 12.1. The van der Waals surface area contributed by atoms with Crippen LogP contribution in [0.3, 0.4) is 0 Å². The number of nitrogens with zero attached hydrogens (tertiary/aromatic N) is 1. The number of amides is 1. The molecule has 1 amide bonds. The Morgan fingerprint density at radius 2 is 2.05 bits per heavy atom. The number of nitrogens with one attached hydrogen (secondary N) is 1. The molecule has 0 radical (unpaired) electrons. The molecular weight excluding hydrogens is 250 g/mol. The number of carbonyl (C=O) groups excluding carboxylic acids is 1. The van der Waals surface area contributed by atoms with Crippen molar-refractivity contribution in [1.82, 2.24) is 10.2 Å². The number of hydrogen-bond acceptors (Lipinski definition) is 3. The van der Waals surface area contributed by atoms with Crippen LogP contribution >= 0.6 is 0 Å². The van der Waals surface area contributed by atoms with E-state index in [0.29, 0.717) is 18.4 Å². The van der Waals surface area contributed by atoms with Crippen molar-refractivity contribution in [1.29, 1.82) is 0 Å². The maximum atomic E-state index is 12.1. The van der Waals surface area contributed by atoms with E-state index in [9.17, 15) is 4.79 Å². The van der Waals surface area contributed by atoms with Gasteiger partial charge in [-0.2, -0.15) is 0 Å². The van der Waals surface area contributed by atoms with E-state index in [1.165, 1.54) is 38.8 Å². The SMILES string of the molecule is CCCC(CCN)CCC(=O)NC1CN2CCC1CC2. The zero-order valence-electron chi connectivity index (χ0n) is 12.9. The lowest BCUT2D eigenvalue weighted by Crippen LogP contribution is -2.57. The average Bonchev–Trinajstić information content (AvgIpc) is 2.46. The summed E-state index contributed by atoms with van der Waals surface area (Å²) in [5, 5.41) is 3.28. The second kappa shape index (κ2) is 7.99. The van der Waals surface area contributed by atoms with Crippen LogP contribution < -0.4 is 11.1 Å². The number of rotatable bonds is 8. The molecule has 0 aromatic heterocycles. The molecule has 3 fully saturated rings. The Morgan fingerprint density at radius 3 is 2.60 bits per heavy atom. The van der Waals surface area contributed by atoms with Gasteiger partial charge < -0.3 is 16.0 Å². The molecule has 0 aliphatic carbocycles. The highest BCUT2D eigenvalue weighted by Crippen LogP contribution is 2.27. The first-order valence-electron chi connectivity index (χ1n) is 8.44. The Hall–Kier alpha value is -0.610. The number of nitrogens with two attached hydrogens (primary N) is 1. The summed E-state index contributed by atoms with van der Waals surface area (Å²) < 4.78 is 0. The van der Waals surface area contributed by atoms with Crippen LogP contribution in [-0.4, -0.2) is 43.0 Å². The lowest BCUT2D eigenvalue weighted by atomic mass is 9.84. The molecule has 0 aromatic carbocycles. The molecule has 0 aromatic rings. The minimum Gasteiger partial charge on any atom is -0.352 e. The second-order valence-corrected chi connectivity index (χ2v) is 6.58. The fraction of sp³-hybridized carbons (Fsp3) is 0.938. The van der Waals surface area contributed by atoms with Gasteiger partial charge in [0.2, 0.25) is 5.91 Å². The molecule has 4 heteroatoms. The van der Waals surface area contributed by atoms with Gasteiger partial charge in [-0.1, -0.05) is 19.8 Å². The normalized spacial score (nSPS) is 30.2. The molecule has 3 N–H and O–H groups in total. The number of fused-ring (bicyclic) bond motifs is 3. The first-order valence-corrected chi connectivity index (χ1v) is 8.44. The van der Waals surface area contributed by atoms with Gasteiger partial charge in [0.1, 0.15) is 0 Å². The van der Waals surface area contributed by atoms with E-state index in [4.69, 9.17) is 5.73 Å². The smallest absolute Gasteiger partial charge is 0.220 e. The Kier molecular flexibility index (Phi) is 6.30. The van der Waals surface area contributed by atoms with Crippen molar-refractivity contribution < 1.29 is 4.79 Å². The summed E-state index contributed by atoms with van der Waals surface area (Å²) in [6, 6.07) is 0.407. The summed E-state index contributed by atoms with van der Waals surface area (Å²) in [6.07, 6.45) is 7.64. The summed E-state index contributed by atoms with van der Waals surface area (Å²) in [6.45, 7) is 6.47. The summed E-state index contributed by atoms with van der Waals surface area (Å²) in [4.78, 5) is 14.6. The highest BCUT2D eigenvalue weighted by Gasteiger charge is 2.34. The van der Waals surface area contributed by atoms with Crippen molar-refractivity contribution >= 4 is 5.91 Å². The zero-order valence-corrected chi connectivity index (χ0v) is 12.9. The fourth-order valence-electron chi connectivity index (χ4n) is 3.82. The van der Waals surface area contributed by atoms with Crippen LogP contribution in [0.4, 0.5) is 0 Å². The molecule has 3 heterocycles. The molecule has 3 saturated heterocycles. The highest BCUT2D eigenvalue weighted by atomic mass is 16.1. The van der Waals surface area contributed by atoms with Crippen molar-refractivity contribution in [2.75, 3.05) is 26.2 Å². The van der Waals surface area contributed by atoms with E-state index in [1.807, 2.05) is 0 Å². The second-order valence-electron chi connectivity index (χ2n) is 6.58. The predicted octanol–water partition coefficient (Wildman–Crippen LogP) is 1.74. The van der Waals surface area contributed by atoms with Gasteiger partial charge in [0.15, 0.2) is 0 Å². The molecule has 3 rings (SSSR count). The Morgan fingerprint density at radius 1 is 1.30 bits per heavy atom. The molecule has 2 unspecified atom stereocenters. The molecule has 0 spiro atoms. The van der Waals surface area contributed by atoms with Crippen LogP contribution in [0.1, 0.15) is 51.9 Å². The van der Waals surface area contributed by atoms with Crippen molar-refractivity contribution in [2.24, 2.45) is 17.6 Å². The summed E-state index contributed by atoms with van der Waals surface area (Å²) in [5.41, 5.74) is 5.65. The van der Waals surface area contributed by atoms with E-state index in [2.05, 4.69) is 17.1 Å². The lowest BCUT2D eigenvalue weighted by molar-refractivity contribution is -0.123. The Balaban J connectivity index is 1.69. The molecule has 3 aliphatic heterocycles. The summed E-state index contributed by atoms with van der Waals surface area (Å²) in [5.74, 6) is 1.60. The predicted molar refractivity (Wildman–Crippen MR) is 82.4 cm³/mol. The van der Waals surface area contributed by atoms with E-state index < -0.39 is 0 Å². The van der Waals surface area contributed by atoms with Gasteiger partial charge in [-0.3, -0.25) is 4.79 Å². The topological polar surface area (TPSA) is 58.4 Å². The average molecular weight is 281 g/mol. The monoisotopic (exact) mass is 281 g/mol. The quantitative estimate of drug-likeness (QED) is 0.712. The minimum atomic E-state index is 0.252. The van der Waals surface area contributed by atoms with Crippen molar-refractivity contribution in [2.45, 2.75) is 57.9 Å². The number of hydrogen-bond donors (Lipinski definition) is 2. The van der Waals surface area contributed by atoms with Crippen LogP contribution in [0.25, 0.3) is 0 Å². The number of carbonyl (C=O) groups is 1. The minimum absolute atomic E-state index is 0.252. The first-order chi connectivity index (χ1) is 9.72. The van der Waals surface area contributed by atoms with Crippen molar-refractivity contribution in [3.8, 4) is 0 Å². The van der Waals surface area contributed by atoms with E-state index >= 15 is 0 Å². The molecule has 4 nitrogen and oxygen atoms in total. The van der Waals surface area contributed by atoms with Crippen LogP contribution in [0, 0.1) is 11.8 Å². The van der Waals surface area contributed by atoms with E-state index in [0.717, 1.165) is 31.8 Å². The molecule has 2 bridgehead atoms. The van der Waals surface area contributed by atoms with Gasteiger partial charge in [0.25, 0.3) is 0 Å². The van der Waals surface area contributed by atoms with Gasteiger partial charge in [-0.25, -0.2) is 0 Å². The van der Waals surface area contributed by atoms with E-state index in [-0.39, 0.29) is 5.91 Å². The van der Waals surface area contributed by atoms with Gasteiger partial charge in [-0.05, 0) is 57.2 Å². The molecule has 116 valence electrons. The first kappa shape index (κ1) is 15.8. The summed E-state index contributed by atoms with van der Waals surface area (Å²) >= 11 is 0. The molecule has 0 saturated carbocycles. The van der Waals surface area contributed by atoms with Crippen LogP contribution in [0.2, 0.25) is 0 Å². The van der Waals surface area contributed by atoms with Gasteiger partial charge in [0, 0.05) is 19.0 Å². The van der Waals surface area contributed by atoms with Crippen molar-refractivity contribution in [3.63, 3.8) is 0 Å². The lowest BCUT2D eigenvalue weighted by Gasteiger charge is -2.45. The fourth-order valence-corrected chi connectivity index (χ4v) is 3.82. The molecule has 20 heavy (non-hydrogen) atoms. The highest BCUT2D eigenvalue weighted by molar-refractivity contribution is 5.76. The zero-order chi connectivity index (χ0) is 14.4.